The summed E-state index contributed by atoms with van der Waals surface area (Å²) in [6.45, 7) is 4.57. The third kappa shape index (κ3) is 4.66. The van der Waals surface area contributed by atoms with Crippen molar-refractivity contribution in [1.82, 2.24) is 5.32 Å². The van der Waals surface area contributed by atoms with Gasteiger partial charge in [0.1, 0.15) is 0 Å². The van der Waals surface area contributed by atoms with Crippen LogP contribution in [0.2, 0.25) is 0 Å². The Bertz CT molecular complexity index is 512. The van der Waals surface area contributed by atoms with Gasteiger partial charge in [-0.2, -0.15) is 13.2 Å². The first kappa shape index (κ1) is 16.2. The molecule has 0 spiro atoms. The summed E-state index contributed by atoms with van der Waals surface area (Å²) in [4.78, 5) is 4.41. The van der Waals surface area contributed by atoms with Crippen LogP contribution in [0.4, 0.5) is 13.2 Å². The summed E-state index contributed by atoms with van der Waals surface area (Å²) in [5.41, 5.74) is -0.0455. The van der Waals surface area contributed by atoms with Gasteiger partial charge in [0, 0.05) is 11.8 Å². The highest BCUT2D eigenvalue weighted by molar-refractivity contribution is 8.13. The number of nitrogens with zero attached hydrogens (tertiary/aromatic N) is 1. The highest BCUT2D eigenvalue weighted by Gasteiger charge is 2.30. The zero-order chi connectivity index (χ0) is 15.5. The van der Waals surface area contributed by atoms with Crippen molar-refractivity contribution < 1.29 is 13.2 Å². The molecule has 0 radical (unpaired) electrons. The Labute approximate surface area is 127 Å². The van der Waals surface area contributed by atoms with Crippen LogP contribution < -0.4 is 5.32 Å². The molecule has 0 amide bonds. The van der Waals surface area contributed by atoms with E-state index >= 15 is 0 Å². The fourth-order valence-electron chi connectivity index (χ4n) is 2.16. The number of nitrogens with one attached hydrogen (secondary N) is 1. The monoisotopic (exact) mass is 316 g/mol. The third-order valence-corrected chi connectivity index (χ3v) is 4.40. The minimum atomic E-state index is -4.30. The van der Waals surface area contributed by atoms with Crippen LogP contribution in [-0.4, -0.2) is 17.0 Å². The van der Waals surface area contributed by atoms with Crippen LogP contribution in [0.3, 0.4) is 0 Å². The average molecular weight is 316 g/mol. The van der Waals surface area contributed by atoms with Crippen LogP contribution >= 0.6 is 11.8 Å². The molecule has 21 heavy (non-hydrogen) atoms. The minimum Gasteiger partial charge on any atom is -0.362 e. The van der Waals surface area contributed by atoms with Gasteiger partial charge < -0.3 is 5.32 Å². The van der Waals surface area contributed by atoms with Crippen molar-refractivity contribution in [3.63, 3.8) is 0 Å². The second-order valence-electron chi connectivity index (χ2n) is 5.45. The maximum Gasteiger partial charge on any atom is 0.416 e. The molecule has 0 bridgehead atoms. The number of alkyl halides is 3. The Balaban J connectivity index is 2.03. The maximum atomic E-state index is 12.7. The van der Waals surface area contributed by atoms with Crippen molar-refractivity contribution in [2.24, 2.45) is 10.9 Å². The Hall–Kier alpha value is -1.17. The molecule has 1 unspecified atom stereocenters. The second kappa shape index (κ2) is 6.73. The number of thioether (sulfide) groups is 1. The van der Waals surface area contributed by atoms with Crippen LogP contribution in [-0.2, 0) is 12.7 Å². The molecule has 1 aromatic rings. The van der Waals surface area contributed by atoms with Gasteiger partial charge >= 0.3 is 6.18 Å². The molecular weight excluding hydrogens is 297 g/mol. The standard InChI is InChI=1S/C15H19F3N2S/c1-10(2)13-6-7-21-14(20-13)19-9-11-4-3-5-12(8-11)15(16,17)18/h3-5,8,10,13H,6-7,9H2,1-2H3,(H,19,20). The van der Waals surface area contributed by atoms with Gasteiger partial charge in [-0.25, -0.2) is 0 Å². The zero-order valence-electron chi connectivity index (χ0n) is 12.1. The summed E-state index contributed by atoms with van der Waals surface area (Å²) in [5.74, 6) is 1.52. The summed E-state index contributed by atoms with van der Waals surface area (Å²) in [6, 6.07) is 5.74. The predicted molar refractivity (Wildman–Crippen MR) is 81.4 cm³/mol. The van der Waals surface area contributed by atoms with Gasteiger partial charge in [-0.1, -0.05) is 37.7 Å². The average Bonchev–Trinajstić information content (AvgIpc) is 2.45. The van der Waals surface area contributed by atoms with Crippen LogP contribution in [0.25, 0.3) is 0 Å². The van der Waals surface area contributed by atoms with E-state index in [2.05, 4.69) is 24.2 Å². The minimum absolute atomic E-state index is 0.268. The molecule has 0 aromatic heterocycles. The lowest BCUT2D eigenvalue weighted by Crippen LogP contribution is -2.41. The molecule has 1 heterocycles. The van der Waals surface area contributed by atoms with Gasteiger partial charge in [0.25, 0.3) is 0 Å². The van der Waals surface area contributed by atoms with Gasteiger partial charge in [0.05, 0.1) is 12.1 Å². The summed E-state index contributed by atoms with van der Waals surface area (Å²) in [6.07, 6.45) is -3.21. The first-order chi connectivity index (χ1) is 9.86. The van der Waals surface area contributed by atoms with Crippen LogP contribution in [0.15, 0.2) is 29.3 Å². The van der Waals surface area contributed by atoms with E-state index < -0.39 is 11.7 Å². The first-order valence-electron chi connectivity index (χ1n) is 6.96. The molecule has 2 rings (SSSR count). The van der Waals surface area contributed by atoms with E-state index in [1.165, 1.54) is 6.07 Å². The van der Waals surface area contributed by atoms with Crippen molar-refractivity contribution in [3.05, 3.63) is 35.4 Å². The highest BCUT2D eigenvalue weighted by Crippen LogP contribution is 2.29. The molecule has 1 aromatic carbocycles. The molecule has 1 N–H and O–H groups in total. The Morgan fingerprint density at radius 1 is 1.38 bits per heavy atom. The molecule has 1 aliphatic rings. The maximum absolute atomic E-state index is 12.7. The van der Waals surface area contributed by atoms with E-state index in [1.54, 1.807) is 17.8 Å². The van der Waals surface area contributed by atoms with Crippen molar-refractivity contribution >= 4 is 16.9 Å². The molecule has 116 valence electrons. The quantitative estimate of drug-likeness (QED) is 0.898. The fraction of sp³-hybridized carbons (Fsp3) is 0.533. The molecule has 1 saturated heterocycles. The molecule has 1 atom stereocenters. The highest BCUT2D eigenvalue weighted by atomic mass is 32.2. The second-order valence-corrected chi connectivity index (χ2v) is 6.54. The summed E-state index contributed by atoms with van der Waals surface area (Å²) >= 11 is 1.63. The van der Waals surface area contributed by atoms with Crippen molar-refractivity contribution in [2.75, 3.05) is 5.75 Å². The van der Waals surface area contributed by atoms with E-state index in [0.29, 0.717) is 17.5 Å². The van der Waals surface area contributed by atoms with Crippen molar-refractivity contribution in [1.29, 1.82) is 0 Å². The largest absolute Gasteiger partial charge is 0.416 e. The van der Waals surface area contributed by atoms with E-state index in [-0.39, 0.29) is 6.54 Å². The van der Waals surface area contributed by atoms with Gasteiger partial charge in [0.2, 0.25) is 0 Å². The number of hydrogen-bond acceptors (Lipinski definition) is 2. The molecule has 0 aliphatic carbocycles. The molecule has 0 saturated carbocycles. The SMILES string of the molecule is CC(C)C1CCSC(=NCc2cccc(C(F)(F)F)c2)N1. The number of benzene rings is 1. The topological polar surface area (TPSA) is 24.4 Å². The summed E-state index contributed by atoms with van der Waals surface area (Å²) in [7, 11) is 0. The number of amidine groups is 1. The van der Waals surface area contributed by atoms with E-state index in [4.69, 9.17) is 0 Å². The Morgan fingerprint density at radius 3 is 2.81 bits per heavy atom. The lowest BCUT2D eigenvalue weighted by molar-refractivity contribution is -0.137. The Morgan fingerprint density at radius 2 is 2.14 bits per heavy atom. The lowest BCUT2D eigenvalue weighted by Gasteiger charge is -2.28. The predicted octanol–water partition coefficient (Wildman–Crippen LogP) is 4.31. The Kier molecular flexibility index (Phi) is 5.19. The van der Waals surface area contributed by atoms with Gasteiger partial charge in [-0.05, 0) is 30.0 Å². The first-order valence-corrected chi connectivity index (χ1v) is 7.95. The summed E-state index contributed by atoms with van der Waals surface area (Å²) < 4.78 is 38.0. The van der Waals surface area contributed by atoms with Gasteiger partial charge in [0.15, 0.2) is 5.17 Å². The van der Waals surface area contributed by atoms with E-state index in [9.17, 15) is 13.2 Å². The molecule has 1 aliphatic heterocycles. The fourth-order valence-corrected chi connectivity index (χ4v) is 3.11. The molecule has 6 heteroatoms. The number of halogens is 3. The van der Waals surface area contributed by atoms with Gasteiger partial charge in [-0.15, -0.1) is 0 Å². The van der Waals surface area contributed by atoms with Gasteiger partial charge in [-0.3, -0.25) is 4.99 Å². The molecule has 2 nitrogen and oxygen atoms in total. The third-order valence-electron chi connectivity index (χ3n) is 3.44. The lowest BCUT2D eigenvalue weighted by atomic mass is 10.0. The van der Waals surface area contributed by atoms with E-state index in [1.807, 2.05) is 0 Å². The normalized spacial score (nSPS) is 21.6. The zero-order valence-corrected chi connectivity index (χ0v) is 12.9. The van der Waals surface area contributed by atoms with Crippen LogP contribution in [0, 0.1) is 5.92 Å². The number of rotatable bonds is 3. The van der Waals surface area contributed by atoms with Crippen LogP contribution in [0.5, 0.6) is 0 Å². The van der Waals surface area contributed by atoms with Crippen LogP contribution in [0.1, 0.15) is 31.4 Å². The van der Waals surface area contributed by atoms with Crippen molar-refractivity contribution in [2.45, 2.75) is 39.0 Å². The van der Waals surface area contributed by atoms with Crippen molar-refractivity contribution in [3.8, 4) is 0 Å². The summed E-state index contributed by atoms with van der Waals surface area (Å²) in [5, 5.41) is 4.19. The smallest absolute Gasteiger partial charge is 0.362 e. The molecule has 1 fully saturated rings. The molecular formula is C15H19F3N2S. The number of hydrogen-bond donors (Lipinski definition) is 1. The number of aliphatic imine (C=N–C) groups is 1. The van der Waals surface area contributed by atoms with E-state index in [0.717, 1.165) is 29.5 Å².